The lowest BCUT2D eigenvalue weighted by molar-refractivity contribution is -0.138. The molecule has 1 aliphatic carbocycles. The smallest absolute Gasteiger partial charge is 0.320 e. The number of carboxylic acids is 1. The quantitative estimate of drug-likeness (QED) is 0.622. The van der Waals surface area contributed by atoms with Crippen LogP contribution in [0.3, 0.4) is 0 Å². The van der Waals surface area contributed by atoms with Gasteiger partial charge in [0.15, 0.2) is 0 Å². The van der Waals surface area contributed by atoms with Crippen LogP contribution < -0.4 is 21.9 Å². The minimum absolute atomic E-state index is 0.156. The standard InChI is InChI=1S/C18H18N4O3/c19-13(18(24)25)7-11-10-3-1-2-4-14(10)20-15(11)8-12-16(9-5-6-9)21-22-17(12)23/h1-4,8-9,13H,5-7,19H2,(H,24,25)(H2,21,22,23). The summed E-state index contributed by atoms with van der Waals surface area (Å²) in [6.07, 6.45) is 4.01. The molecule has 5 N–H and O–H groups in total. The van der Waals surface area contributed by atoms with E-state index in [4.69, 9.17) is 10.8 Å². The van der Waals surface area contributed by atoms with E-state index >= 15 is 0 Å². The summed E-state index contributed by atoms with van der Waals surface area (Å²) in [5.41, 5.74) is 8.37. The lowest BCUT2D eigenvalue weighted by Crippen LogP contribution is -2.32. The normalized spacial score (nSPS) is 18.9. The summed E-state index contributed by atoms with van der Waals surface area (Å²) < 4.78 is 0. The zero-order chi connectivity index (χ0) is 17.6. The monoisotopic (exact) mass is 338 g/mol. The molecular formula is C18H18N4O3. The highest BCUT2D eigenvalue weighted by Gasteiger charge is 2.29. The number of fused-ring (bicyclic) bond motifs is 1. The summed E-state index contributed by atoms with van der Waals surface area (Å²) in [7, 11) is 0. The second kappa shape index (κ2) is 5.86. The lowest BCUT2D eigenvalue weighted by atomic mass is 10.0. The third-order valence-corrected chi connectivity index (χ3v) is 4.63. The number of aliphatic carboxylic acids is 1. The summed E-state index contributed by atoms with van der Waals surface area (Å²) in [5.74, 6) is -0.686. The van der Waals surface area contributed by atoms with E-state index in [0.29, 0.717) is 17.2 Å². The average Bonchev–Trinajstić information content (AvgIpc) is 3.29. The maximum absolute atomic E-state index is 12.2. The summed E-state index contributed by atoms with van der Waals surface area (Å²) in [4.78, 5) is 27.9. The van der Waals surface area contributed by atoms with Gasteiger partial charge in [-0.25, -0.2) is 4.99 Å². The first-order valence-corrected chi connectivity index (χ1v) is 8.22. The molecule has 0 saturated heterocycles. The van der Waals surface area contributed by atoms with Crippen LogP contribution in [0.1, 0.15) is 36.4 Å². The summed E-state index contributed by atoms with van der Waals surface area (Å²) in [5, 5.41) is 16.4. The molecular weight excluding hydrogens is 320 g/mol. The number of H-pyrrole nitrogens is 2. The molecule has 1 unspecified atom stereocenters. The van der Waals surface area contributed by atoms with E-state index in [1.807, 2.05) is 24.3 Å². The van der Waals surface area contributed by atoms with Gasteiger partial charge in [0, 0.05) is 23.3 Å². The Morgan fingerprint density at radius 2 is 2.12 bits per heavy atom. The highest BCUT2D eigenvalue weighted by Crippen LogP contribution is 2.40. The number of rotatable bonds is 5. The topological polar surface area (TPSA) is 124 Å². The largest absolute Gasteiger partial charge is 0.480 e. The van der Waals surface area contributed by atoms with Crippen molar-refractivity contribution in [2.75, 3.05) is 0 Å². The van der Waals surface area contributed by atoms with Crippen LogP contribution in [-0.4, -0.2) is 27.3 Å². The molecule has 0 bridgehead atoms. The Bertz CT molecular complexity index is 1060. The Labute approximate surface area is 142 Å². The van der Waals surface area contributed by atoms with Gasteiger partial charge < -0.3 is 15.9 Å². The predicted molar refractivity (Wildman–Crippen MR) is 92.2 cm³/mol. The van der Waals surface area contributed by atoms with Crippen molar-refractivity contribution in [2.45, 2.75) is 31.2 Å². The second-order valence-electron chi connectivity index (χ2n) is 6.47. The van der Waals surface area contributed by atoms with Crippen LogP contribution in [0.2, 0.25) is 0 Å². The molecule has 2 aromatic rings. The number of nitrogens with two attached hydrogens (primary N) is 1. The van der Waals surface area contributed by atoms with E-state index < -0.39 is 12.0 Å². The number of hydrogen-bond acceptors (Lipinski definition) is 4. The molecule has 2 heterocycles. The van der Waals surface area contributed by atoms with Gasteiger partial charge in [0.2, 0.25) is 0 Å². The van der Waals surface area contributed by atoms with Crippen molar-refractivity contribution in [3.63, 3.8) is 0 Å². The number of nitrogens with zero attached hydrogens (tertiary/aromatic N) is 1. The van der Waals surface area contributed by atoms with Gasteiger partial charge in [-0.05, 0) is 30.6 Å². The van der Waals surface area contributed by atoms with Crippen molar-refractivity contribution in [3.8, 4) is 0 Å². The molecule has 0 spiro atoms. The number of nitrogens with one attached hydrogen (secondary N) is 2. The van der Waals surface area contributed by atoms with E-state index in [1.54, 1.807) is 6.08 Å². The maximum Gasteiger partial charge on any atom is 0.320 e. The zero-order valence-corrected chi connectivity index (χ0v) is 13.5. The number of hydrogen-bond donors (Lipinski definition) is 4. The molecule has 1 aromatic heterocycles. The number of carboxylic acid groups (broad SMARTS) is 1. The zero-order valence-electron chi connectivity index (χ0n) is 13.5. The lowest BCUT2D eigenvalue weighted by Gasteiger charge is -2.09. The molecule has 0 amide bonds. The van der Waals surface area contributed by atoms with Gasteiger partial charge in [0.25, 0.3) is 5.56 Å². The minimum Gasteiger partial charge on any atom is -0.480 e. The minimum atomic E-state index is -1.06. The first-order chi connectivity index (χ1) is 12.0. The van der Waals surface area contributed by atoms with Crippen molar-refractivity contribution in [1.82, 2.24) is 10.2 Å². The van der Waals surface area contributed by atoms with Gasteiger partial charge >= 0.3 is 5.97 Å². The van der Waals surface area contributed by atoms with Crippen LogP contribution >= 0.6 is 0 Å². The van der Waals surface area contributed by atoms with Gasteiger partial charge in [-0.3, -0.25) is 14.7 Å². The van der Waals surface area contributed by atoms with Crippen LogP contribution in [0, 0.1) is 0 Å². The third-order valence-electron chi connectivity index (χ3n) is 4.63. The Kier molecular flexibility index (Phi) is 3.65. The van der Waals surface area contributed by atoms with Crippen molar-refractivity contribution in [2.24, 2.45) is 10.7 Å². The van der Waals surface area contributed by atoms with E-state index in [1.165, 1.54) is 0 Å². The maximum atomic E-state index is 12.2. The summed E-state index contributed by atoms with van der Waals surface area (Å²) in [6.45, 7) is 0. The van der Waals surface area contributed by atoms with Gasteiger partial charge in [0.05, 0.1) is 16.6 Å². The number of carbonyl (C=O) groups is 1. The fourth-order valence-corrected chi connectivity index (χ4v) is 3.16. The summed E-state index contributed by atoms with van der Waals surface area (Å²) in [6, 6.07) is 6.49. The first kappa shape index (κ1) is 15.6. The number of aromatic nitrogens is 2. The summed E-state index contributed by atoms with van der Waals surface area (Å²) >= 11 is 0. The van der Waals surface area contributed by atoms with Crippen LogP contribution in [0.15, 0.2) is 39.7 Å². The molecule has 1 aromatic carbocycles. The Balaban J connectivity index is 1.84. The predicted octanol–water partition coefficient (Wildman–Crippen LogP) is 0.207. The molecule has 1 saturated carbocycles. The number of para-hydroxylation sites is 1. The van der Waals surface area contributed by atoms with Crippen LogP contribution in [0.4, 0.5) is 0 Å². The van der Waals surface area contributed by atoms with Crippen LogP contribution in [-0.2, 0) is 4.79 Å². The van der Waals surface area contributed by atoms with Crippen LogP contribution in [0.25, 0.3) is 11.6 Å². The molecule has 0 radical (unpaired) electrons. The van der Waals surface area contributed by atoms with E-state index in [-0.39, 0.29) is 12.0 Å². The first-order valence-electron chi connectivity index (χ1n) is 8.22. The molecule has 2 aliphatic rings. The SMILES string of the molecule is NC(CC1=c2ccccc2=NC1=Cc1c(C2CC2)[nH][nH]c1=O)C(=O)O. The number of benzene rings is 1. The Morgan fingerprint density at radius 1 is 1.36 bits per heavy atom. The van der Waals surface area contributed by atoms with Crippen molar-refractivity contribution in [1.29, 1.82) is 0 Å². The van der Waals surface area contributed by atoms with Crippen LogP contribution in [0.5, 0.6) is 0 Å². The molecule has 128 valence electrons. The van der Waals surface area contributed by atoms with E-state index in [2.05, 4.69) is 15.2 Å². The van der Waals surface area contributed by atoms with Crippen molar-refractivity contribution in [3.05, 3.63) is 62.1 Å². The second-order valence-corrected chi connectivity index (χ2v) is 6.47. The highest BCUT2D eigenvalue weighted by atomic mass is 16.4. The molecule has 1 fully saturated rings. The molecule has 1 aliphatic heterocycles. The van der Waals surface area contributed by atoms with Gasteiger partial charge in [-0.15, -0.1) is 0 Å². The van der Waals surface area contributed by atoms with Gasteiger partial charge in [-0.1, -0.05) is 18.2 Å². The van der Waals surface area contributed by atoms with Gasteiger partial charge in [0.1, 0.15) is 6.04 Å². The number of allylic oxidation sites excluding steroid dienone is 1. The van der Waals surface area contributed by atoms with Crippen molar-refractivity contribution >= 4 is 17.6 Å². The average molecular weight is 338 g/mol. The highest BCUT2D eigenvalue weighted by molar-refractivity contribution is 5.81. The van der Waals surface area contributed by atoms with Gasteiger partial charge in [-0.2, -0.15) is 0 Å². The Morgan fingerprint density at radius 3 is 2.84 bits per heavy atom. The van der Waals surface area contributed by atoms with Crippen molar-refractivity contribution < 1.29 is 9.90 Å². The Hall–Kier alpha value is -2.93. The molecule has 1 atom stereocenters. The molecule has 7 nitrogen and oxygen atoms in total. The molecule has 25 heavy (non-hydrogen) atoms. The fourth-order valence-electron chi connectivity index (χ4n) is 3.16. The fraction of sp³-hybridized carbons (Fsp3) is 0.278. The number of aromatic amines is 2. The molecule has 7 heteroatoms. The molecule has 4 rings (SSSR count). The third kappa shape index (κ3) is 2.83. The van der Waals surface area contributed by atoms with E-state index in [0.717, 1.165) is 34.7 Å². The van der Waals surface area contributed by atoms with E-state index in [9.17, 15) is 9.59 Å².